The smallest absolute Gasteiger partial charge is 0.246 e. The second-order valence-electron chi connectivity index (χ2n) is 4.83. The van der Waals surface area contributed by atoms with E-state index in [2.05, 4.69) is 15.5 Å². The van der Waals surface area contributed by atoms with E-state index in [1.807, 2.05) is 6.26 Å². The minimum Gasteiger partial charge on any atom is -0.299 e. The van der Waals surface area contributed by atoms with Crippen molar-refractivity contribution in [3.8, 4) is 0 Å². The topological polar surface area (TPSA) is 92.3 Å². The molecule has 0 fully saturated rings. The van der Waals surface area contributed by atoms with E-state index in [0.717, 1.165) is 10.6 Å². The number of aromatic nitrogens is 2. The van der Waals surface area contributed by atoms with Crippen molar-refractivity contribution in [2.24, 2.45) is 0 Å². The number of nitrogens with one attached hydrogen (secondary N) is 1. The summed E-state index contributed by atoms with van der Waals surface area (Å²) >= 11 is 8.53. The molecule has 1 heterocycles. The van der Waals surface area contributed by atoms with Gasteiger partial charge in [0.2, 0.25) is 21.1 Å². The summed E-state index contributed by atoms with van der Waals surface area (Å²) in [4.78, 5) is 12.2. The Labute approximate surface area is 153 Å². The lowest BCUT2D eigenvalue weighted by molar-refractivity contribution is -0.114. The van der Waals surface area contributed by atoms with Crippen molar-refractivity contribution in [2.45, 2.75) is 11.3 Å². The highest BCUT2D eigenvalue weighted by molar-refractivity contribution is 8.00. The zero-order chi connectivity index (χ0) is 17.9. The van der Waals surface area contributed by atoms with E-state index in [0.29, 0.717) is 25.7 Å². The van der Waals surface area contributed by atoms with Crippen molar-refractivity contribution in [1.82, 2.24) is 10.2 Å². The SMILES string of the molecule is CSc1nnc(NC(=O)CN(c2ccc(Cl)cc2C)S(C)(=O)=O)s1. The number of aryl methyl sites for hydroxylation is 1. The first kappa shape index (κ1) is 19.0. The summed E-state index contributed by atoms with van der Waals surface area (Å²) in [7, 11) is -3.65. The van der Waals surface area contributed by atoms with Crippen LogP contribution in [0.25, 0.3) is 0 Å². The molecular formula is C13H15ClN4O3S3. The number of benzene rings is 1. The van der Waals surface area contributed by atoms with Gasteiger partial charge in [0.1, 0.15) is 6.54 Å². The van der Waals surface area contributed by atoms with Crippen LogP contribution in [0.2, 0.25) is 5.02 Å². The molecule has 0 radical (unpaired) electrons. The number of thioether (sulfide) groups is 1. The minimum atomic E-state index is -3.65. The van der Waals surface area contributed by atoms with E-state index < -0.39 is 15.9 Å². The number of hydrogen-bond acceptors (Lipinski definition) is 7. The number of rotatable bonds is 6. The lowest BCUT2D eigenvalue weighted by atomic mass is 10.2. The Balaban J connectivity index is 2.21. The van der Waals surface area contributed by atoms with E-state index in [9.17, 15) is 13.2 Å². The Morgan fingerprint density at radius 1 is 1.42 bits per heavy atom. The molecule has 0 aliphatic rings. The fraction of sp³-hybridized carbons (Fsp3) is 0.308. The molecule has 1 aromatic carbocycles. The highest BCUT2D eigenvalue weighted by Gasteiger charge is 2.23. The predicted molar refractivity (Wildman–Crippen MR) is 98.7 cm³/mol. The number of hydrogen-bond donors (Lipinski definition) is 1. The van der Waals surface area contributed by atoms with E-state index in [-0.39, 0.29) is 6.54 Å². The van der Waals surface area contributed by atoms with Crippen LogP contribution in [-0.4, -0.2) is 43.6 Å². The van der Waals surface area contributed by atoms with Crippen LogP contribution in [0.5, 0.6) is 0 Å². The summed E-state index contributed by atoms with van der Waals surface area (Å²) in [6.07, 6.45) is 2.89. The number of anilines is 2. The Kier molecular flexibility index (Phi) is 6.07. The number of amides is 1. The Morgan fingerprint density at radius 2 is 2.12 bits per heavy atom. The van der Waals surface area contributed by atoms with Crippen LogP contribution < -0.4 is 9.62 Å². The van der Waals surface area contributed by atoms with Crippen LogP contribution in [0.15, 0.2) is 22.5 Å². The number of nitrogens with zero attached hydrogens (tertiary/aromatic N) is 3. The Hall–Kier alpha value is -1.36. The first-order chi connectivity index (χ1) is 11.2. The third-order valence-corrected chi connectivity index (χ3v) is 6.12. The maximum atomic E-state index is 12.2. The van der Waals surface area contributed by atoms with Gasteiger partial charge in [-0.1, -0.05) is 34.7 Å². The summed E-state index contributed by atoms with van der Waals surface area (Å²) in [5.74, 6) is -0.501. The monoisotopic (exact) mass is 406 g/mol. The molecule has 2 rings (SSSR count). The molecule has 7 nitrogen and oxygen atoms in total. The first-order valence-electron chi connectivity index (χ1n) is 6.62. The summed E-state index contributed by atoms with van der Waals surface area (Å²) in [6, 6.07) is 4.79. The summed E-state index contributed by atoms with van der Waals surface area (Å²) in [5.41, 5.74) is 1.06. The van der Waals surface area contributed by atoms with Gasteiger partial charge in [0.25, 0.3) is 0 Å². The van der Waals surface area contributed by atoms with Crippen LogP contribution in [0.4, 0.5) is 10.8 Å². The molecule has 1 aromatic heterocycles. The highest BCUT2D eigenvalue weighted by Crippen LogP contribution is 2.26. The number of carbonyl (C=O) groups is 1. The highest BCUT2D eigenvalue weighted by atomic mass is 35.5. The van der Waals surface area contributed by atoms with Crippen molar-refractivity contribution in [3.63, 3.8) is 0 Å². The molecule has 0 saturated carbocycles. The van der Waals surface area contributed by atoms with Gasteiger partial charge in [0.05, 0.1) is 11.9 Å². The zero-order valence-electron chi connectivity index (χ0n) is 13.1. The van der Waals surface area contributed by atoms with Crippen molar-refractivity contribution >= 4 is 61.4 Å². The quantitative estimate of drug-likeness (QED) is 0.585. The average Bonchev–Trinajstić information content (AvgIpc) is 2.92. The van der Waals surface area contributed by atoms with Gasteiger partial charge in [-0.15, -0.1) is 10.2 Å². The molecule has 0 unspecified atom stereocenters. The van der Waals surface area contributed by atoms with E-state index in [4.69, 9.17) is 11.6 Å². The largest absolute Gasteiger partial charge is 0.299 e. The van der Waals surface area contributed by atoms with Gasteiger partial charge < -0.3 is 0 Å². The lowest BCUT2D eigenvalue weighted by Crippen LogP contribution is -2.37. The van der Waals surface area contributed by atoms with Crippen LogP contribution in [0.1, 0.15) is 5.56 Å². The maximum Gasteiger partial charge on any atom is 0.246 e. The molecule has 24 heavy (non-hydrogen) atoms. The molecule has 1 N–H and O–H groups in total. The van der Waals surface area contributed by atoms with Gasteiger partial charge in [0, 0.05) is 5.02 Å². The van der Waals surface area contributed by atoms with Crippen molar-refractivity contribution in [1.29, 1.82) is 0 Å². The van der Waals surface area contributed by atoms with Gasteiger partial charge in [-0.2, -0.15) is 0 Å². The predicted octanol–water partition coefficient (Wildman–Crippen LogP) is 2.63. The molecule has 0 saturated heterocycles. The molecule has 2 aromatic rings. The molecule has 0 aliphatic carbocycles. The number of halogens is 1. The Bertz CT molecular complexity index is 854. The summed E-state index contributed by atoms with van der Waals surface area (Å²) < 4.78 is 25.9. The van der Waals surface area contributed by atoms with Crippen LogP contribution >= 0.6 is 34.7 Å². The molecule has 0 aliphatic heterocycles. The van der Waals surface area contributed by atoms with Gasteiger partial charge in [-0.3, -0.25) is 14.4 Å². The molecule has 0 atom stereocenters. The lowest BCUT2D eigenvalue weighted by Gasteiger charge is -2.23. The fourth-order valence-electron chi connectivity index (χ4n) is 1.91. The molecule has 1 amide bonds. The molecule has 0 spiro atoms. The first-order valence-corrected chi connectivity index (χ1v) is 10.9. The van der Waals surface area contributed by atoms with Gasteiger partial charge in [-0.05, 0) is 36.9 Å². The normalized spacial score (nSPS) is 11.3. The maximum absolute atomic E-state index is 12.2. The van der Waals surface area contributed by atoms with Gasteiger partial charge in [-0.25, -0.2) is 8.42 Å². The zero-order valence-corrected chi connectivity index (χ0v) is 16.3. The third-order valence-electron chi connectivity index (χ3n) is 2.94. The van der Waals surface area contributed by atoms with E-state index in [1.165, 1.54) is 23.1 Å². The van der Waals surface area contributed by atoms with E-state index >= 15 is 0 Å². The molecule has 0 bridgehead atoms. The minimum absolute atomic E-state index is 0.325. The van der Waals surface area contributed by atoms with Crippen LogP contribution in [0.3, 0.4) is 0 Å². The van der Waals surface area contributed by atoms with Gasteiger partial charge >= 0.3 is 0 Å². The second kappa shape index (κ2) is 7.68. The van der Waals surface area contributed by atoms with Crippen molar-refractivity contribution in [3.05, 3.63) is 28.8 Å². The second-order valence-corrected chi connectivity index (χ2v) is 9.20. The average molecular weight is 407 g/mol. The molecule has 11 heteroatoms. The Morgan fingerprint density at radius 3 is 2.67 bits per heavy atom. The van der Waals surface area contributed by atoms with Gasteiger partial charge in [0.15, 0.2) is 4.34 Å². The van der Waals surface area contributed by atoms with Crippen LogP contribution in [-0.2, 0) is 14.8 Å². The standard InChI is InChI=1S/C13H15ClN4O3S3/c1-8-6-9(14)4-5-10(8)18(24(3,20)21)7-11(19)15-12-16-17-13(22-2)23-12/h4-6H,7H2,1-3H3,(H,15,16,19). The fourth-order valence-corrected chi connectivity index (χ4v) is 4.24. The number of sulfonamides is 1. The van der Waals surface area contributed by atoms with Crippen molar-refractivity contribution in [2.75, 3.05) is 28.7 Å². The van der Waals surface area contributed by atoms with Crippen molar-refractivity contribution < 1.29 is 13.2 Å². The molecule has 130 valence electrons. The van der Waals surface area contributed by atoms with Crippen LogP contribution in [0, 0.1) is 6.92 Å². The van der Waals surface area contributed by atoms with E-state index in [1.54, 1.807) is 25.1 Å². The third kappa shape index (κ3) is 4.82. The summed E-state index contributed by atoms with van der Waals surface area (Å²) in [5, 5.41) is 11.1. The number of carbonyl (C=O) groups excluding carboxylic acids is 1. The summed E-state index contributed by atoms with van der Waals surface area (Å²) in [6.45, 7) is 1.36. The molecular weight excluding hydrogens is 392 g/mol.